The molecule has 0 saturated carbocycles. The molecular weight excluding hydrogens is 188 g/mol. The lowest BCUT2D eigenvalue weighted by Crippen LogP contribution is -2.31. The molecule has 0 radical (unpaired) electrons. The summed E-state index contributed by atoms with van der Waals surface area (Å²) in [4.78, 5) is 4.10. The van der Waals surface area contributed by atoms with Crippen molar-refractivity contribution in [3.05, 3.63) is 30.7 Å². The minimum Gasteiger partial charge on any atom is -0.343 e. The quantitative estimate of drug-likeness (QED) is 0.607. The number of fused-ring (bicyclic) bond motifs is 1. The number of hydrogen-bond donors (Lipinski definition) is 1. The van der Waals surface area contributed by atoms with Gasteiger partial charge < -0.3 is 4.57 Å². The lowest BCUT2D eigenvalue weighted by Gasteiger charge is -2.19. The van der Waals surface area contributed by atoms with Gasteiger partial charge in [0.05, 0.1) is 5.52 Å². The maximum atomic E-state index is 5.65. The monoisotopic (exact) mass is 204 g/mol. The first-order valence-electron chi connectivity index (χ1n) is 5.05. The molecule has 0 bridgehead atoms. The Morgan fingerprint density at radius 3 is 3.07 bits per heavy atom. The summed E-state index contributed by atoms with van der Waals surface area (Å²) in [5.74, 6) is 5.65. The Morgan fingerprint density at radius 1 is 1.53 bits per heavy atom. The van der Waals surface area contributed by atoms with Gasteiger partial charge in [-0.3, -0.25) is 10.8 Å². The standard InChI is InChI=1S/C11H16N4/c1-9(8-14(2)12)15-6-4-10-7-13-5-3-11(10)15/h3-7,9H,8,12H2,1-2H3. The van der Waals surface area contributed by atoms with Gasteiger partial charge in [0.1, 0.15) is 0 Å². The van der Waals surface area contributed by atoms with Crippen LogP contribution >= 0.6 is 0 Å². The molecule has 2 aromatic rings. The van der Waals surface area contributed by atoms with Crippen LogP contribution < -0.4 is 5.84 Å². The highest BCUT2D eigenvalue weighted by molar-refractivity contribution is 5.78. The van der Waals surface area contributed by atoms with Crippen molar-refractivity contribution in [1.82, 2.24) is 14.6 Å². The first kappa shape index (κ1) is 10.1. The number of pyridine rings is 1. The largest absolute Gasteiger partial charge is 0.343 e. The lowest BCUT2D eigenvalue weighted by atomic mass is 10.3. The van der Waals surface area contributed by atoms with E-state index in [-0.39, 0.29) is 0 Å². The fraction of sp³-hybridized carbons (Fsp3) is 0.364. The van der Waals surface area contributed by atoms with Gasteiger partial charge in [-0.05, 0) is 19.1 Å². The Labute approximate surface area is 89.3 Å². The Bertz CT molecular complexity index is 447. The van der Waals surface area contributed by atoms with Crippen molar-refractivity contribution in [2.45, 2.75) is 13.0 Å². The zero-order chi connectivity index (χ0) is 10.8. The van der Waals surface area contributed by atoms with Gasteiger partial charge in [-0.25, -0.2) is 5.01 Å². The highest BCUT2D eigenvalue weighted by Gasteiger charge is 2.08. The van der Waals surface area contributed by atoms with Gasteiger partial charge in [0.15, 0.2) is 0 Å². The van der Waals surface area contributed by atoms with Crippen LogP contribution in [0.4, 0.5) is 0 Å². The van der Waals surface area contributed by atoms with Crippen molar-refractivity contribution in [3.8, 4) is 0 Å². The second kappa shape index (κ2) is 4.00. The molecule has 4 heteroatoms. The van der Waals surface area contributed by atoms with Crippen molar-refractivity contribution < 1.29 is 0 Å². The van der Waals surface area contributed by atoms with E-state index in [9.17, 15) is 0 Å². The number of aromatic nitrogens is 2. The highest BCUT2D eigenvalue weighted by atomic mass is 15.4. The van der Waals surface area contributed by atoms with Crippen LogP contribution in [0.1, 0.15) is 13.0 Å². The normalized spacial score (nSPS) is 13.6. The molecule has 0 aliphatic carbocycles. The van der Waals surface area contributed by atoms with E-state index in [0.29, 0.717) is 6.04 Å². The molecule has 0 saturated heterocycles. The average Bonchev–Trinajstić information content (AvgIpc) is 2.59. The first-order valence-corrected chi connectivity index (χ1v) is 5.05. The van der Waals surface area contributed by atoms with E-state index in [1.54, 1.807) is 5.01 Å². The van der Waals surface area contributed by atoms with Gasteiger partial charge in [0.2, 0.25) is 0 Å². The third-order valence-electron chi connectivity index (χ3n) is 2.55. The van der Waals surface area contributed by atoms with E-state index >= 15 is 0 Å². The van der Waals surface area contributed by atoms with Crippen LogP contribution in [0.3, 0.4) is 0 Å². The summed E-state index contributed by atoms with van der Waals surface area (Å²) in [6, 6.07) is 4.47. The predicted molar refractivity (Wildman–Crippen MR) is 61.3 cm³/mol. The Kier molecular flexibility index (Phi) is 2.70. The Morgan fingerprint density at radius 2 is 2.33 bits per heavy atom. The maximum Gasteiger partial charge on any atom is 0.0514 e. The van der Waals surface area contributed by atoms with Gasteiger partial charge >= 0.3 is 0 Å². The fourth-order valence-electron chi connectivity index (χ4n) is 1.89. The van der Waals surface area contributed by atoms with Crippen LogP contribution in [0.2, 0.25) is 0 Å². The molecule has 80 valence electrons. The number of rotatable bonds is 3. The van der Waals surface area contributed by atoms with E-state index in [1.807, 2.05) is 25.5 Å². The van der Waals surface area contributed by atoms with Gasteiger partial charge in [0.25, 0.3) is 0 Å². The molecule has 4 nitrogen and oxygen atoms in total. The Hall–Kier alpha value is -1.39. The number of nitrogens with two attached hydrogens (primary N) is 1. The molecule has 1 atom stereocenters. The van der Waals surface area contributed by atoms with Crippen LogP contribution in [-0.4, -0.2) is 28.2 Å². The van der Waals surface area contributed by atoms with Gasteiger partial charge in [0, 0.05) is 43.6 Å². The van der Waals surface area contributed by atoms with E-state index in [4.69, 9.17) is 5.84 Å². The van der Waals surface area contributed by atoms with E-state index in [1.165, 1.54) is 10.9 Å². The number of hydrazine groups is 1. The fourth-order valence-corrected chi connectivity index (χ4v) is 1.89. The van der Waals surface area contributed by atoms with Gasteiger partial charge in [-0.1, -0.05) is 0 Å². The van der Waals surface area contributed by atoms with Crippen LogP contribution in [0.15, 0.2) is 30.7 Å². The SMILES string of the molecule is CC(CN(C)N)n1ccc2cnccc21. The number of nitrogens with zero attached hydrogens (tertiary/aromatic N) is 3. The molecule has 1 unspecified atom stereocenters. The van der Waals surface area contributed by atoms with Crippen LogP contribution in [0.25, 0.3) is 10.9 Å². The van der Waals surface area contributed by atoms with Gasteiger partial charge in [-0.15, -0.1) is 0 Å². The summed E-state index contributed by atoms with van der Waals surface area (Å²) in [5, 5.41) is 2.88. The zero-order valence-electron chi connectivity index (χ0n) is 9.09. The van der Waals surface area contributed by atoms with Crippen LogP contribution in [-0.2, 0) is 0 Å². The molecule has 0 spiro atoms. The van der Waals surface area contributed by atoms with Crippen molar-refractivity contribution in [2.24, 2.45) is 5.84 Å². The molecule has 15 heavy (non-hydrogen) atoms. The molecule has 0 aliphatic heterocycles. The third-order valence-corrected chi connectivity index (χ3v) is 2.55. The van der Waals surface area contributed by atoms with E-state index in [2.05, 4.69) is 28.7 Å². The summed E-state index contributed by atoms with van der Waals surface area (Å²) in [6.45, 7) is 2.98. The highest BCUT2D eigenvalue weighted by Crippen LogP contribution is 2.18. The molecule has 2 N–H and O–H groups in total. The maximum absolute atomic E-state index is 5.65. The van der Waals surface area contributed by atoms with Crippen molar-refractivity contribution in [1.29, 1.82) is 0 Å². The van der Waals surface area contributed by atoms with Crippen molar-refractivity contribution in [2.75, 3.05) is 13.6 Å². The van der Waals surface area contributed by atoms with E-state index in [0.717, 1.165) is 6.54 Å². The first-order chi connectivity index (χ1) is 7.18. The molecule has 0 aliphatic rings. The molecule has 2 rings (SSSR count). The summed E-state index contributed by atoms with van der Waals surface area (Å²) in [5.41, 5.74) is 1.21. The molecular formula is C11H16N4. The smallest absolute Gasteiger partial charge is 0.0514 e. The second-order valence-electron chi connectivity index (χ2n) is 3.95. The second-order valence-corrected chi connectivity index (χ2v) is 3.95. The van der Waals surface area contributed by atoms with E-state index < -0.39 is 0 Å². The Balaban J connectivity index is 2.35. The summed E-state index contributed by atoms with van der Waals surface area (Å²) in [7, 11) is 1.88. The summed E-state index contributed by atoms with van der Waals surface area (Å²) < 4.78 is 2.22. The van der Waals surface area contributed by atoms with Crippen LogP contribution in [0.5, 0.6) is 0 Å². The van der Waals surface area contributed by atoms with Gasteiger partial charge in [-0.2, -0.15) is 0 Å². The molecule has 0 amide bonds. The van der Waals surface area contributed by atoms with Crippen molar-refractivity contribution >= 4 is 10.9 Å². The minimum atomic E-state index is 0.361. The molecule has 2 aromatic heterocycles. The molecule has 0 aromatic carbocycles. The molecule has 2 heterocycles. The number of likely N-dealkylation sites (N-methyl/N-ethyl adjacent to an activating group) is 1. The number of hydrogen-bond acceptors (Lipinski definition) is 3. The summed E-state index contributed by atoms with van der Waals surface area (Å²) >= 11 is 0. The summed E-state index contributed by atoms with van der Waals surface area (Å²) in [6.07, 6.45) is 5.78. The zero-order valence-corrected chi connectivity index (χ0v) is 9.09. The average molecular weight is 204 g/mol. The third kappa shape index (κ3) is 2.00. The lowest BCUT2D eigenvalue weighted by molar-refractivity contribution is 0.298. The minimum absolute atomic E-state index is 0.361. The van der Waals surface area contributed by atoms with Crippen LogP contribution in [0, 0.1) is 0 Å². The molecule has 0 fully saturated rings. The van der Waals surface area contributed by atoms with Crippen molar-refractivity contribution in [3.63, 3.8) is 0 Å². The topological polar surface area (TPSA) is 47.1 Å². The predicted octanol–water partition coefficient (Wildman–Crippen LogP) is 1.40.